The SMILES string of the molecule is CCOC(=O)C(F)(F)CCc1coc(C)n1. The second-order valence-corrected chi connectivity index (χ2v) is 3.28. The molecule has 0 amide bonds. The predicted octanol–water partition coefficient (Wildman–Crippen LogP) is 2.11. The van der Waals surface area contributed by atoms with Crippen LogP contribution in [0.3, 0.4) is 0 Å². The molecule has 6 heteroatoms. The first-order valence-electron chi connectivity index (χ1n) is 4.91. The Morgan fingerprint density at radius 2 is 2.31 bits per heavy atom. The summed E-state index contributed by atoms with van der Waals surface area (Å²) in [5.41, 5.74) is 0.404. The molecule has 0 saturated heterocycles. The number of oxazole rings is 1. The van der Waals surface area contributed by atoms with Crippen molar-refractivity contribution in [1.82, 2.24) is 4.98 Å². The number of nitrogens with zero attached hydrogens (tertiary/aromatic N) is 1. The van der Waals surface area contributed by atoms with Gasteiger partial charge in [-0.1, -0.05) is 0 Å². The van der Waals surface area contributed by atoms with Gasteiger partial charge in [-0.25, -0.2) is 9.78 Å². The number of rotatable bonds is 5. The number of aromatic nitrogens is 1. The van der Waals surface area contributed by atoms with Gasteiger partial charge in [0.05, 0.1) is 12.3 Å². The second kappa shape index (κ2) is 5.05. The van der Waals surface area contributed by atoms with Crippen molar-refractivity contribution in [3.05, 3.63) is 17.8 Å². The molecule has 0 aliphatic heterocycles. The topological polar surface area (TPSA) is 52.3 Å². The monoisotopic (exact) mass is 233 g/mol. The van der Waals surface area contributed by atoms with Gasteiger partial charge in [0.15, 0.2) is 5.89 Å². The van der Waals surface area contributed by atoms with E-state index >= 15 is 0 Å². The molecule has 0 bridgehead atoms. The van der Waals surface area contributed by atoms with Crippen LogP contribution in [0.15, 0.2) is 10.7 Å². The van der Waals surface area contributed by atoms with Crippen LogP contribution in [0.25, 0.3) is 0 Å². The van der Waals surface area contributed by atoms with E-state index in [9.17, 15) is 13.6 Å². The molecule has 0 fully saturated rings. The minimum absolute atomic E-state index is 0.0246. The van der Waals surface area contributed by atoms with Crippen LogP contribution in [-0.4, -0.2) is 23.5 Å². The fourth-order valence-electron chi connectivity index (χ4n) is 1.15. The van der Waals surface area contributed by atoms with Gasteiger partial charge in [-0.2, -0.15) is 8.78 Å². The summed E-state index contributed by atoms with van der Waals surface area (Å²) in [6.45, 7) is 3.04. The Labute approximate surface area is 91.6 Å². The summed E-state index contributed by atoms with van der Waals surface area (Å²) in [5, 5.41) is 0. The van der Waals surface area contributed by atoms with Gasteiger partial charge in [0.1, 0.15) is 6.26 Å². The molecule has 0 aliphatic rings. The Morgan fingerprint density at radius 3 is 2.81 bits per heavy atom. The van der Waals surface area contributed by atoms with Crippen molar-refractivity contribution in [2.45, 2.75) is 32.6 Å². The van der Waals surface area contributed by atoms with Gasteiger partial charge in [0, 0.05) is 13.3 Å². The minimum Gasteiger partial charge on any atom is -0.462 e. The van der Waals surface area contributed by atoms with Gasteiger partial charge in [-0.15, -0.1) is 0 Å². The third-order valence-corrected chi connectivity index (χ3v) is 1.94. The van der Waals surface area contributed by atoms with E-state index in [1.54, 1.807) is 6.92 Å². The zero-order chi connectivity index (χ0) is 12.2. The number of hydrogen-bond donors (Lipinski definition) is 0. The highest BCUT2D eigenvalue weighted by molar-refractivity contribution is 5.77. The van der Waals surface area contributed by atoms with Crippen molar-refractivity contribution < 1.29 is 22.7 Å². The number of esters is 1. The van der Waals surface area contributed by atoms with Crippen LogP contribution in [0.4, 0.5) is 8.78 Å². The summed E-state index contributed by atoms with van der Waals surface area (Å²) in [6, 6.07) is 0. The fourth-order valence-corrected chi connectivity index (χ4v) is 1.15. The molecule has 1 aromatic rings. The third kappa shape index (κ3) is 3.29. The summed E-state index contributed by atoms with van der Waals surface area (Å²) in [6.07, 6.45) is 0.650. The molecule has 0 aromatic carbocycles. The maximum absolute atomic E-state index is 13.2. The lowest BCUT2D eigenvalue weighted by molar-refractivity contribution is -0.172. The molecule has 4 nitrogen and oxygen atoms in total. The van der Waals surface area contributed by atoms with Crippen LogP contribution in [-0.2, 0) is 16.0 Å². The zero-order valence-electron chi connectivity index (χ0n) is 9.13. The number of ether oxygens (including phenoxy) is 1. The summed E-state index contributed by atoms with van der Waals surface area (Å²) in [4.78, 5) is 14.7. The van der Waals surface area contributed by atoms with Crippen molar-refractivity contribution >= 4 is 5.97 Å². The van der Waals surface area contributed by atoms with E-state index in [1.807, 2.05) is 0 Å². The average Bonchev–Trinajstić information content (AvgIpc) is 2.62. The Balaban J connectivity index is 2.50. The Kier molecular flexibility index (Phi) is 3.98. The van der Waals surface area contributed by atoms with Crippen LogP contribution >= 0.6 is 0 Å². The van der Waals surface area contributed by atoms with Gasteiger partial charge < -0.3 is 9.15 Å². The smallest absolute Gasteiger partial charge is 0.376 e. The number of carbonyl (C=O) groups excluding carboxylic acids is 1. The van der Waals surface area contributed by atoms with E-state index in [1.165, 1.54) is 13.2 Å². The van der Waals surface area contributed by atoms with E-state index in [-0.39, 0.29) is 13.0 Å². The van der Waals surface area contributed by atoms with Crippen LogP contribution in [0.1, 0.15) is 24.9 Å². The van der Waals surface area contributed by atoms with Crippen LogP contribution in [0, 0.1) is 6.92 Å². The van der Waals surface area contributed by atoms with Gasteiger partial charge in [-0.3, -0.25) is 0 Å². The van der Waals surface area contributed by atoms with Gasteiger partial charge in [0.2, 0.25) is 0 Å². The highest BCUT2D eigenvalue weighted by Crippen LogP contribution is 2.22. The van der Waals surface area contributed by atoms with E-state index < -0.39 is 18.3 Å². The average molecular weight is 233 g/mol. The van der Waals surface area contributed by atoms with Crippen molar-refractivity contribution in [2.75, 3.05) is 6.61 Å². The highest BCUT2D eigenvalue weighted by atomic mass is 19.3. The normalized spacial score (nSPS) is 11.5. The first-order chi connectivity index (χ1) is 7.45. The molecule has 16 heavy (non-hydrogen) atoms. The molecule has 0 spiro atoms. The third-order valence-electron chi connectivity index (χ3n) is 1.94. The molecule has 0 atom stereocenters. The Bertz CT molecular complexity index is 363. The summed E-state index contributed by atoms with van der Waals surface area (Å²) in [5.74, 6) is -4.55. The zero-order valence-corrected chi connectivity index (χ0v) is 9.13. The summed E-state index contributed by atoms with van der Waals surface area (Å²) in [7, 11) is 0. The van der Waals surface area contributed by atoms with Crippen molar-refractivity contribution in [3.63, 3.8) is 0 Å². The quantitative estimate of drug-likeness (QED) is 0.731. The molecule has 0 radical (unpaired) electrons. The molecule has 90 valence electrons. The molecule has 0 aliphatic carbocycles. The predicted molar refractivity (Wildman–Crippen MR) is 51.1 cm³/mol. The maximum atomic E-state index is 13.2. The summed E-state index contributed by atoms with van der Waals surface area (Å²) >= 11 is 0. The number of alkyl halides is 2. The molecule has 0 N–H and O–H groups in total. The number of carbonyl (C=O) groups is 1. The molecule has 1 aromatic heterocycles. The van der Waals surface area contributed by atoms with E-state index in [4.69, 9.17) is 4.42 Å². The van der Waals surface area contributed by atoms with Crippen molar-refractivity contribution in [1.29, 1.82) is 0 Å². The fraction of sp³-hybridized carbons (Fsp3) is 0.600. The highest BCUT2D eigenvalue weighted by Gasteiger charge is 2.40. The lowest BCUT2D eigenvalue weighted by Gasteiger charge is -2.13. The minimum atomic E-state index is -3.47. The molecule has 0 saturated carbocycles. The lowest BCUT2D eigenvalue weighted by Crippen LogP contribution is -2.31. The number of aryl methyl sites for hydroxylation is 2. The maximum Gasteiger partial charge on any atom is 0.376 e. The molecular weight excluding hydrogens is 220 g/mol. The van der Waals surface area contributed by atoms with Gasteiger partial charge in [-0.05, 0) is 13.3 Å². The van der Waals surface area contributed by atoms with E-state index in [0.717, 1.165) is 0 Å². The number of hydrogen-bond acceptors (Lipinski definition) is 4. The standard InChI is InChI=1S/C10H13F2NO3/c1-3-15-9(14)10(11,12)5-4-8-6-16-7(2)13-8/h6H,3-5H2,1-2H3. The van der Waals surface area contributed by atoms with Crippen molar-refractivity contribution in [3.8, 4) is 0 Å². The first-order valence-corrected chi connectivity index (χ1v) is 4.91. The van der Waals surface area contributed by atoms with Crippen molar-refractivity contribution in [2.24, 2.45) is 0 Å². The lowest BCUT2D eigenvalue weighted by atomic mass is 10.1. The van der Waals surface area contributed by atoms with Crippen LogP contribution < -0.4 is 0 Å². The molecular formula is C10H13F2NO3. The Morgan fingerprint density at radius 1 is 1.62 bits per heavy atom. The largest absolute Gasteiger partial charge is 0.462 e. The van der Waals surface area contributed by atoms with Crippen LogP contribution in [0.2, 0.25) is 0 Å². The molecule has 1 rings (SSSR count). The Hall–Kier alpha value is -1.46. The number of halogens is 2. The first kappa shape index (κ1) is 12.6. The summed E-state index contributed by atoms with van der Waals surface area (Å²) < 4.78 is 35.5. The van der Waals surface area contributed by atoms with Crippen LogP contribution in [0.5, 0.6) is 0 Å². The molecule has 0 unspecified atom stereocenters. The molecule has 1 heterocycles. The van der Waals surface area contributed by atoms with E-state index in [0.29, 0.717) is 11.6 Å². The van der Waals surface area contributed by atoms with Gasteiger partial charge >= 0.3 is 11.9 Å². The van der Waals surface area contributed by atoms with E-state index in [2.05, 4.69) is 9.72 Å². The second-order valence-electron chi connectivity index (χ2n) is 3.28. The van der Waals surface area contributed by atoms with Gasteiger partial charge in [0.25, 0.3) is 0 Å².